The summed E-state index contributed by atoms with van der Waals surface area (Å²) < 4.78 is 11.2. The molecule has 0 N–H and O–H groups in total. The molecule has 266 valence electrons. The molecule has 0 saturated carbocycles. The molecule has 0 unspecified atom stereocenters. The van der Waals surface area contributed by atoms with Gasteiger partial charge in [-0.2, -0.15) is 0 Å². The number of nitrogens with zero attached hydrogens (tertiary/aromatic N) is 3. The van der Waals surface area contributed by atoms with Crippen LogP contribution in [0.4, 0.5) is 0 Å². The van der Waals surface area contributed by atoms with Crippen molar-refractivity contribution in [2.75, 3.05) is 0 Å². The lowest BCUT2D eigenvalue weighted by atomic mass is 10.0. The average Bonchev–Trinajstić information content (AvgIpc) is 3.94. The second kappa shape index (κ2) is 12.4. The highest BCUT2D eigenvalue weighted by molar-refractivity contribution is 6.23. The minimum absolute atomic E-state index is 0.893. The number of rotatable bonds is 5. The Hall–Kier alpha value is -7.69. The first kappa shape index (κ1) is 31.6. The highest BCUT2D eigenvalue weighted by Gasteiger charge is 2.20. The number of para-hydroxylation sites is 3. The lowest BCUT2D eigenvalue weighted by Crippen LogP contribution is -2.00. The van der Waals surface area contributed by atoms with E-state index >= 15 is 0 Å². The molecule has 0 aliphatic heterocycles. The van der Waals surface area contributed by atoms with Gasteiger partial charge in [0, 0.05) is 38.2 Å². The topological polar surface area (TPSA) is 35.9 Å². The lowest BCUT2D eigenvalue weighted by Gasteiger charge is -2.13. The van der Waals surface area contributed by atoms with Gasteiger partial charge in [-0.15, -0.1) is 0 Å². The Morgan fingerprint density at radius 3 is 1.74 bits per heavy atom. The van der Waals surface area contributed by atoms with Crippen LogP contribution in [0.1, 0.15) is 0 Å². The number of benzene rings is 8. The van der Waals surface area contributed by atoms with Crippen molar-refractivity contribution in [1.29, 1.82) is 0 Å². The molecule has 57 heavy (non-hydrogen) atoms. The van der Waals surface area contributed by atoms with Crippen LogP contribution in [0.2, 0.25) is 0 Å². The second-order valence-corrected chi connectivity index (χ2v) is 14.7. The van der Waals surface area contributed by atoms with Crippen molar-refractivity contribution in [2.45, 2.75) is 0 Å². The first-order valence-corrected chi connectivity index (χ1v) is 19.4. The molecule has 12 rings (SSSR count). The van der Waals surface area contributed by atoms with Crippen LogP contribution in [0.5, 0.6) is 0 Å². The van der Waals surface area contributed by atoms with E-state index in [-0.39, 0.29) is 0 Å². The molecule has 4 nitrogen and oxygen atoms in total. The van der Waals surface area contributed by atoms with Crippen LogP contribution in [0.3, 0.4) is 0 Å². The van der Waals surface area contributed by atoms with Gasteiger partial charge in [0.1, 0.15) is 17.0 Å². The van der Waals surface area contributed by atoms with Crippen molar-refractivity contribution in [3.8, 4) is 45.0 Å². The monoisotopic (exact) mass is 727 g/mol. The zero-order chi connectivity index (χ0) is 37.5. The zero-order valence-electron chi connectivity index (χ0n) is 30.8. The van der Waals surface area contributed by atoms with Crippen molar-refractivity contribution in [2.24, 2.45) is 0 Å². The largest absolute Gasteiger partial charge is 0.455 e. The minimum Gasteiger partial charge on any atom is -0.455 e. The van der Waals surface area contributed by atoms with Crippen LogP contribution in [-0.4, -0.2) is 14.1 Å². The summed E-state index contributed by atoms with van der Waals surface area (Å²) in [6.07, 6.45) is 0. The van der Waals surface area contributed by atoms with Gasteiger partial charge in [-0.25, -0.2) is 4.98 Å². The molecule has 0 radical (unpaired) electrons. The lowest BCUT2D eigenvalue weighted by molar-refractivity contribution is 0.673. The Labute approximate surface area is 328 Å². The van der Waals surface area contributed by atoms with Crippen LogP contribution in [0.25, 0.3) is 111 Å². The van der Waals surface area contributed by atoms with Gasteiger partial charge in [-0.1, -0.05) is 133 Å². The third-order valence-corrected chi connectivity index (χ3v) is 11.5. The normalized spacial score (nSPS) is 11.9. The maximum Gasteiger partial charge on any atom is 0.145 e. The molecule has 0 bridgehead atoms. The first-order chi connectivity index (χ1) is 28.3. The van der Waals surface area contributed by atoms with Gasteiger partial charge in [0.15, 0.2) is 0 Å². The second-order valence-electron chi connectivity index (χ2n) is 14.7. The highest BCUT2D eigenvalue weighted by Crippen LogP contribution is 2.41. The first-order valence-electron chi connectivity index (χ1n) is 19.4. The Morgan fingerprint density at radius 1 is 0.351 bits per heavy atom. The number of pyridine rings is 1. The van der Waals surface area contributed by atoms with E-state index in [9.17, 15) is 0 Å². The summed E-state index contributed by atoms with van der Waals surface area (Å²) in [6.45, 7) is 0. The van der Waals surface area contributed by atoms with Gasteiger partial charge in [-0.3, -0.25) is 4.57 Å². The number of furan rings is 1. The highest BCUT2D eigenvalue weighted by atomic mass is 16.3. The molecule has 4 heteroatoms. The molecular formula is C53H33N3O. The number of aromatic nitrogens is 3. The van der Waals surface area contributed by atoms with E-state index in [1.807, 2.05) is 12.1 Å². The third kappa shape index (κ3) is 4.91. The smallest absolute Gasteiger partial charge is 0.145 e. The van der Waals surface area contributed by atoms with Gasteiger partial charge in [-0.05, 0) is 89.0 Å². The van der Waals surface area contributed by atoms with Gasteiger partial charge >= 0.3 is 0 Å². The standard InChI is InChI=1S/C53H33N3O/c1-3-13-34(14-4-1)38-32-45(36-15-5-2-6-16-36)54-51(33-38)56-46-20-10-7-17-40(46)44-31-37(25-29-48(44)56)35-23-26-39(27-24-35)55-47-21-11-8-19-43(47)52-49(55)30-28-42-41-18-9-12-22-50(41)57-53(42)52/h1-33H. The number of hydrogen-bond donors (Lipinski definition) is 0. The predicted molar refractivity (Wildman–Crippen MR) is 237 cm³/mol. The van der Waals surface area contributed by atoms with Gasteiger partial charge < -0.3 is 8.98 Å². The van der Waals surface area contributed by atoms with E-state index in [0.29, 0.717) is 0 Å². The number of fused-ring (bicyclic) bond motifs is 10. The SMILES string of the molecule is c1ccc(-c2cc(-c3ccccc3)nc(-n3c4ccccc4c4cc(-c5ccc(-n6c7ccccc7c7c8oc9ccccc9c8ccc76)cc5)ccc43)c2)cc1. The Balaban J connectivity index is 0.992. The number of hydrogen-bond acceptors (Lipinski definition) is 2. The fraction of sp³-hybridized carbons (Fsp3) is 0. The van der Waals surface area contributed by atoms with Crippen molar-refractivity contribution in [1.82, 2.24) is 14.1 Å². The van der Waals surface area contributed by atoms with Gasteiger partial charge in [0.25, 0.3) is 0 Å². The summed E-state index contributed by atoms with van der Waals surface area (Å²) in [4.78, 5) is 5.31. The quantitative estimate of drug-likeness (QED) is 0.177. The van der Waals surface area contributed by atoms with Crippen LogP contribution in [0, 0.1) is 0 Å². The summed E-state index contributed by atoms with van der Waals surface area (Å²) >= 11 is 0. The molecule has 0 amide bonds. The summed E-state index contributed by atoms with van der Waals surface area (Å²) in [5, 5.41) is 7.00. The molecule has 0 aliphatic carbocycles. The maximum atomic E-state index is 6.53. The van der Waals surface area contributed by atoms with E-state index in [4.69, 9.17) is 9.40 Å². The molecular weight excluding hydrogens is 695 g/mol. The fourth-order valence-electron chi connectivity index (χ4n) is 8.90. The summed E-state index contributed by atoms with van der Waals surface area (Å²) in [7, 11) is 0. The minimum atomic E-state index is 0.893. The van der Waals surface area contributed by atoms with Crippen molar-refractivity contribution in [3.05, 3.63) is 200 Å². The van der Waals surface area contributed by atoms with Crippen LogP contribution >= 0.6 is 0 Å². The van der Waals surface area contributed by atoms with E-state index in [0.717, 1.165) is 88.8 Å². The summed E-state index contributed by atoms with van der Waals surface area (Å²) in [5.41, 5.74) is 14.1. The van der Waals surface area contributed by atoms with E-state index in [1.165, 1.54) is 21.7 Å². The van der Waals surface area contributed by atoms with E-state index < -0.39 is 0 Å². The summed E-state index contributed by atoms with van der Waals surface area (Å²) in [5.74, 6) is 0.893. The molecule has 0 spiro atoms. The Morgan fingerprint density at radius 2 is 0.947 bits per heavy atom. The summed E-state index contributed by atoms with van der Waals surface area (Å²) in [6, 6.07) is 71.3. The van der Waals surface area contributed by atoms with Crippen molar-refractivity contribution >= 4 is 65.6 Å². The van der Waals surface area contributed by atoms with Gasteiger partial charge in [0.05, 0.1) is 33.1 Å². The molecule has 0 saturated heterocycles. The van der Waals surface area contributed by atoms with Crippen molar-refractivity contribution < 1.29 is 4.42 Å². The maximum absolute atomic E-state index is 6.53. The molecule has 4 heterocycles. The molecule has 4 aromatic heterocycles. The van der Waals surface area contributed by atoms with E-state index in [1.54, 1.807) is 0 Å². The molecule has 0 fully saturated rings. The Kier molecular flexibility index (Phi) is 6.89. The van der Waals surface area contributed by atoms with Crippen LogP contribution in [-0.2, 0) is 0 Å². The zero-order valence-corrected chi connectivity index (χ0v) is 30.8. The van der Waals surface area contributed by atoms with Crippen molar-refractivity contribution in [3.63, 3.8) is 0 Å². The molecule has 8 aromatic carbocycles. The molecule has 0 aliphatic rings. The molecule has 0 atom stereocenters. The van der Waals surface area contributed by atoms with Gasteiger partial charge in [0.2, 0.25) is 0 Å². The van der Waals surface area contributed by atoms with E-state index in [2.05, 4.69) is 197 Å². The predicted octanol–water partition coefficient (Wildman–Crippen LogP) is 14.2. The molecule has 12 aromatic rings. The van der Waals surface area contributed by atoms with Crippen LogP contribution < -0.4 is 0 Å². The van der Waals surface area contributed by atoms with Crippen LogP contribution in [0.15, 0.2) is 205 Å². The average molecular weight is 728 g/mol. The fourth-order valence-corrected chi connectivity index (χ4v) is 8.90. The Bertz CT molecular complexity index is 3440. The third-order valence-electron chi connectivity index (χ3n) is 11.5.